The lowest BCUT2D eigenvalue weighted by molar-refractivity contribution is -0.176. The molecule has 0 aromatic heterocycles. The molecule has 3 N–H and O–H groups in total. The minimum Gasteiger partial charge on any atom is -0.353 e. The van der Waals surface area contributed by atoms with E-state index >= 15 is 0 Å². The van der Waals surface area contributed by atoms with Gasteiger partial charge in [0.1, 0.15) is 12.1 Å². The summed E-state index contributed by atoms with van der Waals surface area (Å²) in [6.45, 7) is 8.59. The van der Waals surface area contributed by atoms with Gasteiger partial charge in [0.25, 0.3) is 5.91 Å². The Hall–Kier alpha value is -2.66. The van der Waals surface area contributed by atoms with Crippen LogP contribution in [0.25, 0.3) is 0 Å². The van der Waals surface area contributed by atoms with E-state index in [-0.39, 0.29) is 29.7 Å². The summed E-state index contributed by atoms with van der Waals surface area (Å²) in [5.74, 6) is -5.40. The summed E-state index contributed by atoms with van der Waals surface area (Å²) in [6.07, 6.45) is -3.12. The van der Waals surface area contributed by atoms with Crippen molar-refractivity contribution < 1.29 is 37.1 Å². The van der Waals surface area contributed by atoms with E-state index < -0.39 is 59.1 Å². The van der Waals surface area contributed by atoms with Gasteiger partial charge in [-0.15, -0.1) is 0 Å². The number of hydrogen-bond donors (Lipinski definition) is 3. The highest BCUT2D eigenvalue weighted by Gasteiger charge is 2.70. The molecule has 0 spiro atoms. The molecule has 3 rings (SSSR count). The van der Waals surface area contributed by atoms with E-state index in [2.05, 4.69) is 10.6 Å². The number of piperidine rings is 1. The van der Waals surface area contributed by atoms with Crippen LogP contribution in [-0.2, 0) is 24.0 Å². The monoisotopic (exact) mass is 516 g/mol. The SMILES string of the molecule is CNC(=O)C(=O)C(CC1CC1)NC(=O)C1C2C(CN1C(=O)C(NC(=O)C(F)(F)F)C(C)(C)C)C2(C)C. The predicted molar refractivity (Wildman–Crippen MR) is 122 cm³/mol. The first-order valence-corrected chi connectivity index (χ1v) is 12.2. The molecule has 2 saturated carbocycles. The van der Waals surface area contributed by atoms with E-state index in [9.17, 15) is 37.1 Å². The number of nitrogens with zero attached hydrogens (tertiary/aromatic N) is 1. The lowest BCUT2D eigenvalue weighted by Crippen LogP contribution is -2.61. The van der Waals surface area contributed by atoms with Gasteiger partial charge in [0, 0.05) is 13.6 Å². The summed E-state index contributed by atoms with van der Waals surface area (Å²) < 4.78 is 38.9. The number of nitrogens with one attached hydrogen (secondary N) is 3. The summed E-state index contributed by atoms with van der Waals surface area (Å²) in [6, 6.07) is -3.63. The van der Waals surface area contributed by atoms with E-state index in [0.717, 1.165) is 12.8 Å². The molecule has 3 aliphatic rings. The topological polar surface area (TPSA) is 125 Å². The molecule has 9 nitrogen and oxygen atoms in total. The fourth-order valence-electron chi connectivity index (χ4n) is 5.30. The number of halogens is 3. The Kier molecular flexibility index (Phi) is 7.24. The van der Waals surface area contributed by atoms with Crippen LogP contribution in [0.15, 0.2) is 0 Å². The van der Waals surface area contributed by atoms with E-state index in [1.54, 1.807) is 5.32 Å². The molecule has 1 saturated heterocycles. The maximum atomic E-state index is 13.5. The van der Waals surface area contributed by atoms with Crippen LogP contribution in [0, 0.1) is 28.6 Å². The Bertz CT molecular complexity index is 954. The van der Waals surface area contributed by atoms with Crippen LogP contribution in [0.4, 0.5) is 13.2 Å². The third-order valence-electron chi connectivity index (χ3n) is 7.76. The molecule has 0 bridgehead atoms. The first-order valence-electron chi connectivity index (χ1n) is 12.2. The van der Waals surface area contributed by atoms with E-state index in [1.807, 2.05) is 13.8 Å². The lowest BCUT2D eigenvalue weighted by Gasteiger charge is -2.38. The second-order valence-electron chi connectivity index (χ2n) is 11.8. The zero-order valence-electron chi connectivity index (χ0n) is 21.4. The molecule has 0 aromatic rings. The molecule has 1 heterocycles. The standard InChI is InChI=1S/C24H35F3N4O5/c1-22(2,3)17(30-21(36)24(25,26)27)20(35)31-10-12-14(23(12,4)5)15(31)18(33)29-13(9-11-7-8-11)16(32)19(34)28-6/h11-15,17H,7-10H2,1-6H3,(H,28,34)(H,29,33)(H,30,36). The molecule has 5 unspecified atom stereocenters. The van der Waals surface area contributed by atoms with Gasteiger partial charge in [0.15, 0.2) is 0 Å². The Morgan fingerprint density at radius 2 is 1.61 bits per heavy atom. The minimum absolute atomic E-state index is 0.0624. The minimum atomic E-state index is -5.17. The molecule has 4 amide bonds. The van der Waals surface area contributed by atoms with Crippen LogP contribution in [0.3, 0.4) is 0 Å². The number of likely N-dealkylation sites (tertiary alicyclic amines) is 1. The third kappa shape index (κ3) is 5.51. The summed E-state index contributed by atoms with van der Waals surface area (Å²) >= 11 is 0. The van der Waals surface area contributed by atoms with E-state index in [1.165, 1.54) is 32.7 Å². The van der Waals surface area contributed by atoms with Gasteiger partial charge in [0.05, 0.1) is 6.04 Å². The normalized spacial score (nSPS) is 26.4. The fraction of sp³-hybridized carbons (Fsp3) is 0.792. The molecule has 3 fully saturated rings. The molecule has 5 atom stereocenters. The molecule has 1 aliphatic heterocycles. The maximum Gasteiger partial charge on any atom is 0.471 e. The van der Waals surface area contributed by atoms with Crippen LogP contribution in [0.5, 0.6) is 0 Å². The summed E-state index contributed by atoms with van der Waals surface area (Å²) in [4.78, 5) is 64.6. The van der Waals surface area contributed by atoms with Gasteiger partial charge in [-0.25, -0.2) is 0 Å². The van der Waals surface area contributed by atoms with Crippen molar-refractivity contribution in [3.63, 3.8) is 0 Å². The Labute approximate surface area is 208 Å². The predicted octanol–water partition coefficient (Wildman–Crippen LogP) is 1.16. The number of ketones is 1. The van der Waals surface area contributed by atoms with Crippen molar-refractivity contribution >= 4 is 29.4 Å². The van der Waals surface area contributed by atoms with Crippen LogP contribution in [-0.4, -0.2) is 72.2 Å². The van der Waals surface area contributed by atoms with Gasteiger partial charge in [-0.2, -0.15) is 13.2 Å². The van der Waals surface area contributed by atoms with Crippen molar-refractivity contribution in [2.24, 2.45) is 28.6 Å². The van der Waals surface area contributed by atoms with Gasteiger partial charge in [-0.05, 0) is 35.0 Å². The third-order valence-corrected chi connectivity index (χ3v) is 7.76. The van der Waals surface area contributed by atoms with Gasteiger partial charge in [-0.1, -0.05) is 47.5 Å². The average Bonchev–Trinajstić information content (AvgIpc) is 3.61. The second kappa shape index (κ2) is 9.33. The lowest BCUT2D eigenvalue weighted by atomic mass is 9.85. The summed E-state index contributed by atoms with van der Waals surface area (Å²) in [7, 11) is 1.31. The number of alkyl halides is 3. The van der Waals surface area contributed by atoms with Crippen molar-refractivity contribution in [2.45, 2.75) is 78.2 Å². The molecule has 0 aromatic carbocycles. The molecule has 0 radical (unpaired) electrons. The van der Waals surface area contributed by atoms with Crippen molar-refractivity contribution in [1.29, 1.82) is 0 Å². The highest BCUT2D eigenvalue weighted by atomic mass is 19.4. The molecule has 36 heavy (non-hydrogen) atoms. The maximum absolute atomic E-state index is 13.5. The second-order valence-corrected chi connectivity index (χ2v) is 11.8. The number of carbonyl (C=O) groups excluding carboxylic acids is 5. The Balaban J connectivity index is 1.86. The van der Waals surface area contributed by atoms with Crippen LogP contribution < -0.4 is 16.0 Å². The first kappa shape index (κ1) is 27.9. The largest absolute Gasteiger partial charge is 0.471 e. The zero-order chi connectivity index (χ0) is 27.4. The van der Waals surface area contributed by atoms with Gasteiger partial charge >= 0.3 is 12.1 Å². The Morgan fingerprint density at radius 1 is 1.03 bits per heavy atom. The van der Waals surface area contributed by atoms with Gasteiger partial charge in [-0.3, -0.25) is 24.0 Å². The number of carbonyl (C=O) groups is 5. The van der Waals surface area contributed by atoms with Crippen molar-refractivity contribution in [3.05, 3.63) is 0 Å². The summed E-state index contributed by atoms with van der Waals surface area (Å²) in [5.41, 5.74) is -1.37. The Morgan fingerprint density at radius 3 is 2.08 bits per heavy atom. The van der Waals surface area contributed by atoms with Crippen molar-refractivity contribution in [1.82, 2.24) is 20.9 Å². The number of hydrogen-bond acceptors (Lipinski definition) is 5. The highest BCUT2D eigenvalue weighted by Crippen LogP contribution is 2.65. The smallest absolute Gasteiger partial charge is 0.353 e. The molecular formula is C24H35F3N4O5. The van der Waals surface area contributed by atoms with Gasteiger partial charge in [0.2, 0.25) is 17.6 Å². The number of Topliss-reactive ketones (excluding diaryl/α,β-unsaturated/α-hetero) is 1. The van der Waals surface area contributed by atoms with Crippen LogP contribution in [0.1, 0.15) is 53.9 Å². The van der Waals surface area contributed by atoms with E-state index in [4.69, 9.17) is 0 Å². The zero-order valence-corrected chi connectivity index (χ0v) is 21.4. The van der Waals surface area contributed by atoms with Crippen LogP contribution >= 0.6 is 0 Å². The number of fused-ring (bicyclic) bond motifs is 1. The number of rotatable bonds is 8. The van der Waals surface area contributed by atoms with Crippen molar-refractivity contribution in [2.75, 3.05) is 13.6 Å². The molecule has 12 heteroatoms. The molecule has 2 aliphatic carbocycles. The summed E-state index contributed by atoms with van der Waals surface area (Å²) in [5, 5.41) is 6.73. The van der Waals surface area contributed by atoms with Crippen molar-refractivity contribution in [3.8, 4) is 0 Å². The van der Waals surface area contributed by atoms with Crippen LogP contribution in [0.2, 0.25) is 0 Å². The highest BCUT2D eigenvalue weighted by molar-refractivity contribution is 6.38. The van der Waals surface area contributed by atoms with E-state index in [0.29, 0.717) is 6.42 Å². The quantitative estimate of drug-likeness (QED) is 0.418. The molecular weight excluding hydrogens is 481 g/mol. The average molecular weight is 517 g/mol. The first-order chi connectivity index (χ1) is 16.4. The van der Waals surface area contributed by atoms with Gasteiger partial charge < -0.3 is 20.9 Å². The molecule has 202 valence electrons. The number of amides is 4. The number of likely N-dealkylation sites (N-methyl/N-ethyl adjacent to an activating group) is 1. The fourth-order valence-corrected chi connectivity index (χ4v) is 5.30.